The van der Waals surface area contributed by atoms with Crippen molar-refractivity contribution in [3.05, 3.63) is 130 Å². The third-order valence-corrected chi connectivity index (χ3v) is 14.4. The molecule has 6 rings (SSSR count). The highest BCUT2D eigenvalue weighted by molar-refractivity contribution is 6.74. The molecular weight excluding hydrogens is 623 g/mol. The Labute approximate surface area is 283 Å². The molecule has 0 spiro atoms. The lowest BCUT2D eigenvalue weighted by molar-refractivity contribution is -0.140. The molecule has 252 valence electrons. The maximum atomic E-state index is 13.8. The largest absolute Gasteiger partial charge is 0.406 e. The normalized spacial score (nSPS) is 23.9. The molecule has 1 aliphatic carbocycles. The first-order valence-corrected chi connectivity index (χ1v) is 19.5. The van der Waals surface area contributed by atoms with Gasteiger partial charge in [0.05, 0.1) is 19.3 Å². The summed E-state index contributed by atoms with van der Waals surface area (Å²) in [4.78, 5) is 30.8. The average molecular weight is 668 g/mol. The van der Waals surface area contributed by atoms with E-state index in [9.17, 15) is 9.59 Å². The molecule has 1 amide bonds. The van der Waals surface area contributed by atoms with Crippen molar-refractivity contribution < 1.29 is 23.4 Å². The monoisotopic (exact) mass is 667 g/mol. The van der Waals surface area contributed by atoms with Crippen LogP contribution in [0, 0.1) is 0 Å². The number of carbonyl (C=O) groups is 1. The van der Waals surface area contributed by atoms with Gasteiger partial charge >= 0.3 is 5.69 Å². The van der Waals surface area contributed by atoms with Crippen molar-refractivity contribution in [2.75, 3.05) is 5.32 Å². The molecule has 4 aromatic rings. The molecule has 1 aromatic heterocycles. The Bertz CT molecular complexity index is 1750. The first-order valence-electron chi connectivity index (χ1n) is 16.6. The van der Waals surface area contributed by atoms with Crippen LogP contribution in [0.1, 0.15) is 61.3 Å². The molecule has 5 atom stereocenters. The minimum absolute atomic E-state index is 0.118. The predicted molar refractivity (Wildman–Crippen MR) is 187 cm³/mol. The molecule has 1 N–H and O–H groups in total. The van der Waals surface area contributed by atoms with Crippen LogP contribution in [-0.4, -0.2) is 47.7 Å². The molecule has 0 unspecified atom stereocenters. The van der Waals surface area contributed by atoms with E-state index in [2.05, 4.69) is 44.2 Å². The summed E-state index contributed by atoms with van der Waals surface area (Å²) in [5.74, 6) is -0.193. The number of rotatable bonds is 11. The van der Waals surface area contributed by atoms with Gasteiger partial charge in [0.2, 0.25) is 0 Å². The second-order valence-electron chi connectivity index (χ2n) is 14.2. The fourth-order valence-corrected chi connectivity index (χ4v) is 7.54. The van der Waals surface area contributed by atoms with Gasteiger partial charge in [-0.15, -0.1) is 0 Å². The number of carbonyl (C=O) groups excluding carboxylic acids is 1. The smallest absolute Gasteiger partial charge is 0.351 e. The number of nitrogens with one attached hydrogen (secondary N) is 1. The summed E-state index contributed by atoms with van der Waals surface area (Å²) in [5, 5.41) is 2.62. The molecule has 2 aliphatic rings. The molecule has 10 heteroatoms. The Morgan fingerprint density at radius 2 is 1.54 bits per heavy atom. The standard InChI is InChI=1S/C38H45N3O6Si/c1-37(2,3)48(4,5)47-33-35(41-24-22-31(40-36(41)43)39-34(42)29-19-13-8-14-20-29)46-32-30(44-25-27-15-9-6-10-16-27)21-23-38(32,33)45-26-28-17-11-7-12-18-28/h6-20,22,24,30,32-33,35H,21,23,25-26H2,1-5H3,(H,39,40,42,43)/t30-,32-,33+,35-,38-/m1/s1. The van der Waals surface area contributed by atoms with E-state index in [1.54, 1.807) is 36.5 Å². The molecule has 0 bridgehead atoms. The van der Waals surface area contributed by atoms with Crippen molar-refractivity contribution >= 4 is 20.0 Å². The van der Waals surface area contributed by atoms with E-state index in [1.165, 1.54) is 4.57 Å². The highest BCUT2D eigenvalue weighted by atomic mass is 28.4. The number of fused-ring (bicyclic) bond motifs is 1. The summed E-state index contributed by atoms with van der Waals surface area (Å²) in [6.45, 7) is 11.8. The molecule has 2 fully saturated rings. The van der Waals surface area contributed by atoms with E-state index in [4.69, 9.17) is 18.6 Å². The van der Waals surface area contributed by atoms with Gasteiger partial charge in [-0.2, -0.15) is 4.98 Å². The molecule has 48 heavy (non-hydrogen) atoms. The van der Waals surface area contributed by atoms with E-state index < -0.39 is 38.0 Å². The summed E-state index contributed by atoms with van der Waals surface area (Å²) in [6.07, 6.45) is 0.720. The van der Waals surface area contributed by atoms with Gasteiger partial charge in [-0.3, -0.25) is 9.36 Å². The zero-order valence-electron chi connectivity index (χ0n) is 28.3. The number of aromatic nitrogens is 2. The highest BCUT2D eigenvalue weighted by Gasteiger charge is 2.66. The van der Waals surface area contributed by atoms with Crippen LogP contribution in [0.5, 0.6) is 0 Å². The summed E-state index contributed by atoms with van der Waals surface area (Å²) in [7, 11) is -2.43. The van der Waals surface area contributed by atoms with Gasteiger partial charge in [-0.25, -0.2) is 4.79 Å². The zero-order chi connectivity index (χ0) is 33.9. The van der Waals surface area contributed by atoms with Crippen LogP contribution < -0.4 is 11.0 Å². The van der Waals surface area contributed by atoms with Crippen molar-refractivity contribution in [2.45, 2.75) is 95.1 Å². The van der Waals surface area contributed by atoms with Crippen molar-refractivity contribution in [3.63, 3.8) is 0 Å². The Hall–Kier alpha value is -3.93. The van der Waals surface area contributed by atoms with Crippen LogP contribution in [0.25, 0.3) is 0 Å². The molecule has 1 saturated carbocycles. The number of ether oxygens (including phenoxy) is 3. The fraction of sp³-hybridized carbons (Fsp3) is 0.395. The Kier molecular flexibility index (Phi) is 9.83. The Morgan fingerprint density at radius 3 is 2.15 bits per heavy atom. The maximum absolute atomic E-state index is 13.8. The molecule has 0 radical (unpaired) electrons. The fourth-order valence-electron chi connectivity index (χ4n) is 6.24. The Morgan fingerprint density at radius 1 is 0.938 bits per heavy atom. The van der Waals surface area contributed by atoms with Gasteiger partial charge in [-0.05, 0) is 60.3 Å². The number of amides is 1. The van der Waals surface area contributed by atoms with E-state index in [1.807, 2.05) is 66.7 Å². The highest BCUT2D eigenvalue weighted by Crippen LogP contribution is 2.53. The summed E-state index contributed by atoms with van der Waals surface area (Å²) in [5.41, 5.74) is 1.12. The first-order chi connectivity index (χ1) is 23.0. The lowest BCUT2D eigenvalue weighted by Gasteiger charge is -2.44. The minimum atomic E-state index is -2.43. The molecule has 2 heterocycles. The van der Waals surface area contributed by atoms with E-state index >= 15 is 0 Å². The average Bonchev–Trinajstić information content (AvgIpc) is 3.57. The van der Waals surface area contributed by atoms with Gasteiger partial charge in [0, 0.05) is 11.8 Å². The van der Waals surface area contributed by atoms with Gasteiger partial charge in [0.15, 0.2) is 14.5 Å². The van der Waals surface area contributed by atoms with Crippen LogP contribution in [0.3, 0.4) is 0 Å². The van der Waals surface area contributed by atoms with Gasteiger partial charge in [0.25, 0.3) is 5.91 Å². The third-order valence-electron chi connectivity index (χ3n) is 9.93. The molecule has 1 saturated heterocycles. The number of benzene rings is 3. The molecule has 1 aliphatic heterocycles. The topological polar surface area (TPSA) is 101 Å². The van der Waals surface area contributed by atoms with E-state index in [0.29, 0.717) is 31.6 Å². The predicted octanol–water partition coefficient (Wildman–Crippen LogP) is 7.12. The van der Waals surface area contributed by atoms with E-state index in [0.717, 1.165) is 11.1 Å². The van der Waals surface area contributed by atoms with Crippen molar-refractivity contribution in [3.8, 4) is 0 Å². The van der Waals surface area contributed by atoms with Crippen LogP contribution in [0.15, 0.2) is 108 Å². The van der Waals surface area contributed by atoms with Crippen LogP contribution in [0.2, 0.25) is 18.1 Å². The van der Waals surface area contributed by atoms with Gasteiger partial charge in [0.1, 0.15) is 23.6 Å². The SMILES string of the molecule is CC(C)(C)[Si](C)(C)O[C@H]1[C@H](n2ccc(NC(=O)c3ccccc3)nc2=O)O[C@@H]2[C@H](OCc3ccccc3)CC[C@@]21OCc1ccccc1. The van der Waals surface area contributed by atoms with Crippen molar-refractivity contribution in [2.24, 2.45) is 0 Å². The second kappa shape index (κ2) is 13.9. The van der Waals surface area contributed by atoms with Crippen LogP contribution in [-0.2, 0) is 31.9 Å². The Balaban J connectivity index is 1.35. The number of nitrogens with zero attached hydrogens (tertiary/aromatic N) is 2. The first kappa shape index (κ1) is 33.9. The van der Waals surface area contributed by atoms with Crippen molar-refractivity contribution in [1.29, 1.82) is 0 Å². The van der Waals surface area contributed by atoms with Crippen LogP contribution >= 0.6 is 0 Å². The number of anilines is 1. The maximum Gasteiger partial charge on any atom is 0.351 e. The second-order valence-corrected chi connectivity index (χ2v) is 18.9. The third kappa shape index (κ3) is 7.09. The lowest BCUT2D eigenvalue weighted by Crippen LogP contribution is -2.56. The van der Waals surface area contributed by atoms with Gasteiger partial charge in [-0.1, -0.05) is 99.6 Å². The minimum Gasteiger partial charge on any atom is -0.406 e. The summed E-state index contributed by atoms with van der Waals surface area (Å²) >= 11 is 0. The summed E-state index contributed by atoms with van der Waals surface area (Å²) in [6, 6.07) is 30.5. The number of hydrogen-bond acceptors (Lipinski definition) is 7. The van der Waals surface area contributed by atoms with Crippen molar-refractivity contribution in [1.82, 2.24) is 9.55 Å². The summed E-state index contributed by atoms with van der Waals surface area (Å²) < 4.78 is 29.1. The number of hydrogen-bond donors (Lipinski definition) is 1. The zero-order valence-corrected chi connectivity index (χ0v) is 29.3. The van der Waals surface area contributed by atoms with E-state index in [-0.39, 0.29) is 22.9 Å². The molecule has 9 nitrogen and oxygen atoms in total. The lowest BCUT2D eigenvalue weighted by atomic mass is 9.93. The molecular formula is C38H45N3O6Si. The quantitative estimate of drug-likeness (QED) is 0.170. The molecule has 3 aromatic carbocycles. The van der Waals surface area contributed by atoms with Gasteiger partial charge < -0.3 is 24.0 Å². The van der Waals surface area contributed by atoms with Crippen LogP contribution in [0.4, 0.5) is 5.82 Å².